The van der Waals surface area contributed by atoms with Gasteiger partial charge in [0.25, 0.3) is 0 Å². The number of hydrogen-bond donors (Lipinski definition) is 0. The molecule has 28 heavy (non-hydrogen) atoms. The van der Waals surface area contributed by atoms with E-state index in [0.717, 1.165) is 44.9 Å². The van der Waals surface area contributed by atoms with E-state index in [0.29, 0.717) is 22.7 Å². The largest absolute Gasteiger partial charge is 0.490 e. The molecule has 0 aromatic heterocycles. The number of halogens is 1. The first-order valence-electron chi connectivity index (χ1n) is 9.69. The predicted molar refractivity (Wildman–Crippen MR) is 110 cm³/mol. The first-order chi connectivity index (χ1) is 13.5. The molecule has 5 rings (SSSR count). The van der Waals surface area contributed by atoms with E-state index < -0.39 is 0 Å². The van der Waals surface area contributed by atoms with E-state index >= 15 is 0 Å². The highest BCUT2D eigenvalue weighted by Crippen LogP contribution is 2.30. The van der Waals surface area contributed by atoms with Crippen LogP contribution in [0.15, 0.2) is 46.4 Å². The summed E-state index contributed by atoms with van der Waals surface area (Å²) in [7, 11) is 2.03. The minimum Gasteiger partial charge on any atom is -0.490 e. The lowest BCUT2D eigenvalue weighted by Gasteiger charge is -2.33. The Labute approximate surface area is 165 Å². The third-order valence-electron chi connectivity index (χ3n) is 5.61. The standard InChI is InChI=1S/C21H26FN5O/c1-15-18-14-17(4-5-19(18)22)28-16-6-9-26(10-7-16)13-12-25(3)20-8-11-27(23-2)21(15)24-20/h4-5,8,11,14,16H,2,6-7,9-10,12-13H2,1,3H3/b21-15+. The van der Waals surface area contributed by atoms with Gasteiger partial charge in [-0.3, -0.25) is 0 Å². The van der Waals surface area contributed by atoms with Crippen molar-refractivity contribution in [3.8, 4) is 5.75 Å². The van der Waals surface area contributed by atoms with Gasteiger partial charge >= 0.3 is 0 Å². The molecule has 4 heterocycles. The number of hydrogen-bond acceptors (Lipinski definition) is 6. The molecule has 6 nitrogen and oxygen atoms in total. The molecule has 0 N–H and O–H groups in total. The quantitative estimate of drug-likeness (QED) is 0.699. The van der Waals surface area contributed by atoms with Crippen molar-refractivity contribution in [3.05, 3.63) is 47.7 Å². The van der Waals surface area contributed by atoms with Gasteiger partial charge in [0, 0.05) is 57.3 Å². The molecule has 0 atom stereocenters. The van der Waals surface area contributed by atoms with Crippen molar-refractivity contribution < 1.29 is 9.13 Å². The minimum atomic E-state index is -0.305. The second-order valence-corrected chi connectivity index (χ2v) is 7.44. The number of amidine groups is 1. The highest BCUT2D eigenvalue weighted by Gasteiger charge is 2.24. The van der Waals surface area contributed by atoms with E-state index in [1.54, 1.807) is 17.1 Å². The van der Waals surface area contributed by atoms with Crippen LogP contribution in [0.1, 0.15) is 25.3 Å². The fraction of sp³-hybridized carbons (Fsp3) is 0.429. The molecule has 1 fully saturated rings. The highest BCUT2D eigenvalue weighted by molar-refractivity contribution is 5.95. The number of benzene rings is 1. The van der Waals surface area contributed by atoms with Crippen LogP contribution >= 0.6 is 0 Å². The maximum absolute atomic E-state index is 14.7. The molecule has 0 radical (unpaired) electrons. The maximum atomic E-state index is 14.7. The van der Waals surface area contributed by atoms with E-state index in [-0.39, 0.29) is 11.9 Å². The smallest absolute Gasteiger partial charge is 0.159 e. The molecule has 1 saturated heterocycles. The molecule has 0 aliphatic carbocycles. The van der Waals surface area contributed by atoms with Gasteiger partial charge in [0.2, 0.25) is 0 Å². The van der Waals surface area contributed by atoms with Crippen LogP contribution in [0.3, 0.4) is 0 Å². The first-order valence-corrected chi connectivity index (χ1v) is 9.69. The van der Waals surface area contributed by atoms with Crippen molar-refractivity contribution in [2.45, 2.75) is 25.9 Å². The van der Waals surface area contributed by atoms with Crippen molar-refractivity contribution in [2.75, 3.05) is 33.2 Å². The van der Waals surface area contributed by atoms with Crippen LogP contribution in [0, 0.1) is 5.82 Å². The third-order valence-corrected chi connectivity index (χ3v) is 5.61. The summed E-state index contributed by atoms with van der Waals surface area (Å²) in [6, 6.07) is 4.93. The molecule has 4 aliphatic heterocycles. The van der Waals surface area contributed by atoms with Crippen LogP contribution < -0.4 is 4.74 Å². The summed E-state index contributed by atoms with van der Waals surface area (Å²) in [5, 5.41) is 5.59. The van der Waals surface area contributed by atoms with Gasteiger partial charge in [0.1, 0.15) is 23.5 Å². The molecule has 7 heteroatoms. The van der Waals surface area contributed by atoms with E-state index in [4.69, 9.17) is 9.73 Å². The summed E-state index contributed by atoms with van der Waals surface area (Å²) < 4.78 is 20.8. The summed E-state index contributed by atoms with van der Waals surface area (Å²) in [6.07, 6.45) is 5.84. The highest BCUT2D eigenvalue weighted by atomic mass is 19.1. The normalized spacial score (nSPS) is 27.6. The second-order valence-electron chi connectivity index (χ2n) is 7.44. The van der Waals surface area contributed by atoms with Gasteiger partial charge in [-0.05, 0) is 44.0 Å². The van der Waals surface area contributed by atoms with Crippen molar-refractivity contribution >= 4 is 18.1 Å². The Kier molecular flexibility index (Phi) is 5.17. The fourth-order valence-electron chi connectivity index (χ4n) is 3.82. The summed E-state index contributed by atoms with van der Waals surface area (Å²) in [5.41, 5.74) is 1.16. The molecule has 1 aromatic carbocycles. The van der Waals surface area contributed by atoms with Gasteiger partial charge < -0.3 is 14.5 Å². The number of nitrogens with zero attached hydrogens (tertiary/aromatic N) is 5. The zero-order valence-corrected chi connectivity index (χ0v) is 16.4. The van der Waals surface area contributed by atoms with E-state index in [1.165, 1.54) is 6.07 Å². The Bertz CT molecular complexity index is 854. The molecular weight excluding hydrogens is 357 g/mol. The van der Waals surface area contributed by atoms with E-state index in [9.17, 15) is 4.39 Å². The Morgan fingerprint density at radius 2 is 2.00 bits per heavy atom. The Balaban J connectivity index is 1.81. The van der Waals surface area contributed by atoms with Crippen LogP contribution in [0.4, 0.5) is 4.39 Å². The topological polar surface area (TPSA) is 43.7 Å². The van der Waals surface area contributed by atoms with Gasteiger partial charge in [0.15, 0.2) is 5.82 Å². The van der Waals surface area contributed by atoms with Crippen molar-refractivity contribution in [3.63, 3.8) is 0 Å². The van der Waals surface area contributed by atoms with E-state index in [1.807, 2.05) is 26.2 Å². The zero-order valence-electron chi connectivity index (χ0n) is 16.4. The molecule has 0 amide bonds. The second kappa shape index (κ2) is 7.75. The zero-order chi connectivity index (χ0) is 19.7. The van der Waals surface area contributed by atoms with Gasteiger partial charge in [0.05, 0.1) is 0 Å². The fourth-order valence-corrected chi connectivity index (χ4v) is 3.82. The van der Waals surface area contributed by atoms with Crippen molar-refractivity contribution in [2.24, 2.45) is 10.1 Å². The molecule has 1 aromatic rings. The predicted octanol–water partition coefficient (Wildman–Crippen LogP) is 3.15. The average Bonchev–Trinajstić information content (AvgIpc) is 2.73. The van der Waals surface area contributed by atoms with Gasteiger partial charge in [-0.1, -0.05) is 0 Å². The number of ether oxygens (including phenoxy) is 1. The number of aliphatic imine (C=N–C) groups is 1. The molecule has 0 unspecified atom stereocenters. The van der Waals surface area contributed by atoms with Crippen LogP contribution in [0.2, 0.25) is 0 Å². The Hall–Kier alpha value is -2.67. The molecule has 4 aliphatic rings. The Morgan fingerprint density at radius 3 is 2.75 bits per heavy atom. The number of fused-ring (bicyclic) bond motifs is 4. The average molecular weight is 383 g/mol. The summed E-state index contributed by atoms with van der Waals surface area (Å²) in [6.45, 7) is 9.32. The monoisotopic (exact) mass is 383 g/mol. The molecule has 6 bridgehead atoms. The van der Waals surface area contributed by atoms with Crippen LogP contribution in [-0.2, 0) is 0 Å². The summed E-state index contributed by atoms with van der Waals surface area (Å²) in [4.78, 5) is 9.35. The number of rotatable bonds is 1. The van der Waals surface area contributed by atoms with Gasteiger partial charge in [-0.2, -0.15) is 5.10 Å². The molecule has 0 saturated carbocycles. The number of hydrazone groups is 1. The van der Waals surface area contributed by atoms with Gasteiger partial charge in [-0.15, -0.1) is 0 Å². The number of likely N-dealkylation sites (N-methyl/N-ethyl adjacent to an activating group) is 1. The number of piperidine rings is 1. The van der Waals surface area contributed by atoms with Crippen molar-refractivity contribution in [1.29, 1.82) is 0 Å². The SMILES string of the molecule is C=NN1C=CC2=N/C1=C(/C)c1cc(ccc1F)OC1CCN(CC1)CCN2C. The molecule has 148 valence electrons. The minimum absolute atomic E-state index is 0.164. The lowest BCUT2D eigenvalue weighted by atomic mass is 10.1. The summed E-state index contributed by atoms with van der Waals surface area (Å²) in [5.74, 6) is 1.77. The van der Waals surface area contributed by atoms with E-state index in [2.05, 4.69) is 21.6 Å². The maximum Gasteiger partial charge on any atom is 0.159 e. The summed E-state index contributed by atoms with van der Waals surface area (Å²) >= 11 is 0. The van der Waals surface area contributed by atoms with Crippen molar-refractivity contribution in [1.82, 2.24) is 14.8 Å². The van der Waals surface area contributed by atoms with Crippen LogP contribution in [0.5, 0.6) is 5.75 Å². The van der Waals surface area contributed by atoms with Crippen LogP contribution in [0.25, 0.3) is 5.57 Å². The molecule has 0 spiro atoms. The van der Waals surface area contributed by atoms with Gasteiger partial charge in [-0.25, -0.2) is 14.4 Å². The third kappa shape index (κ3) is 3.67. The molecular formula is C21H26FN5O. The number of allylic oxidation sites excluding steroid dienone is 1. The Morgan fingerprint density at radius 1 is 1.21 bits per heavy atom. The lowest BCUT2D eigenvalue weighted by molar-refractivity contribution is 0.0983. The first kappa shape index (κ1) is 18.7. The lowest BCUT2D eigenvalue weighted by Crippen LogP contribution is -2.42. The van der Waals surface area contributed by atoms with Crippen LogP contribution in [-0.4, -0.2) is 66.7 Å².